The summed E-state index contributed by atoms with van der Waals surface area (Å²) in [6, 6.07) is 9.52. The summed E-state index contributed by atoms with van der Waals surface area (Å²) in [4.78, 5) is 14.8. The van der Waals surface area contributed by atoms with E-state index in [0.717, 1.165) is 38.9 Å². The number of halogens is 1. The number of furan rings is 1. The Balaban J connectivity index is 1.62. The fourth-order valence-electron chi connectivity index (χ4n) is 3.21. The second kappa shape index (κ2) is 8.85. The van der Waals surface area contributed by atoms with Crippen molar-refractivity contribution in [1.29, 1.82) is 0 Å². The van der Waals surface area contributed by atoms with Gasteiger partial charge >= 0.3 is 0 Å². The molecule has 1 aliphatic heterocycles. The molecule has 0 radical (unpaired) electrons. The maximum Gasteiger partial charge on any atom is 0.289 e. The van der Waals surface area contributed by atoms with Gasteiger partial charge in [-0.2, -0.15) is 0 Å². The first-order valence-corrected chi connectivity index (χ1v) is 9.16. The van der Waals surface area contributed by atoms with Gasteiger partial charge in [-0.3, -0.25) is 4.79 Å². The van der Waals surface area contributed by atoms with Crippen molar-refractivity contribution >= 4 is 5.91 Å². The number of hydrogen-bond acceptors (Lipinski definition) is 4. The zero-order chi connectivity index (χ0) is 18.4. The van der Waals surface area contributed by atoms with Crippen molar-refractivity contribution in [2.75, 3.05) is 19.6 Å². The third kappa shape index (κ3) is 4.64. The van der Waals surface area contributed by atoms with Crippen molar-refractivity contribution in [2.45, 2.75) is 38.8 Å². The van der Waals surface area contributed by atoms with Crippen molar-refractivity contribution in [3.8, 4) is 5.75 Å². The molecule has 0 bridgehead atoms. The Morgan fingerprint density at radius 3 is 2.65 bits per heavy atom. The minimum absolute atomic E-state index is 0.0632. The Morgan fingerprint density at radius 1 is 1.23 bits per heavy atom. The number of ether oxygens (including phenoxy) is 1. The number of amides is 1. The molecule has 1 aliphatic rings. The highest BCUT2D eigenvalue weighted by Crippen LogP contribution is 2.19. The second-order valence-corrected chi connectivity index (χ2v) is 6.49. The summed E-state index contributed by atoms with van der Waals surface area (Å²) in [5, 5.41) is 3.33. The topological polar surface area (TPSA) is 54.7 Å². The van der Waals surface area contributed by atoms with E-state index in [2.05, 4.69) is 12.2 Å². The van der Waals surface area contributed by atoms with Gasteiger partial charge in [0.15, 0.2) is 5.76 Å². The van der Waals surface area contributed by atoms with Gasteiger partial charge in [0.2, 0.25) is 0 Å². The highest BCUT2D eigenvalue weighted by atomic mass is 19.1. The van der Waals surface area contributed by atoms with Crippen LogP contribution >= 0.6 is 0 Å². The van der Waals surface area contributed by atoms with Crippen LogP contribution < -0.4 is 10.1 Å². The SMILES string of the molecule is CCCN(C(=O)c1ccc(COc2ccc(F)cc2)o1)C1CCNCC1. The van der Waals surface area contributed by atoms with Crippen LogP contribution in [-0.2, 0) is 6.61 Å². The van der Waals surface area contributed by atoms with Gasteiger partial charge in [-0.25, -0.2) is 4.39 Å². The Bertz CT molecular complexity index is 708. The Morgan fingerprint density at radius 2 is 1.96 bits per heavy atom. The van der Waals surface area contributed by atoms with Crippen molar-refractivity contribution < 1.29 is 18.3 Å². The smallest absolute Gasteiger partial charge is 0.289 e. The summed E-state index contributed by atoms with van der Waals surface area (Å²) in [7, 11) is 0. The lowest BCUT2D eigenvalue weighted by atomic mass is 10.0. The first-order chi connectivity index (χ1) is 12.7. The average Bonchev–Trinajstić information content (AvgIpc) is 3.15. The molecular weight excluding hydrogens is 335 g/mol. The molecule has 0 saturated carbocycles. The van der Waals surface area contributed by atoms with E-state index in [1.54, 1.807) is 24.3 Å². The summed E-state index contributed by atoms with van der Waals surface area (Å²) in [6.07, 6.45) is 2.84. The van der Waals surface area contributed by atoms with Crippen molar-refractivity contribution in [3.63, 3.8) is 0 Å². The molecule has 1 amide bonds. The largest absolute Gasteiger partial charge is 0.486 e. The van der Waals surface area contributed by atoms with Crippen molar-refractivity contribution in [1.82, 2.24) is 10.2 Å². The first kappa shape index (κ1) is 18.5. The van der Waals surface area contributed by atoms with Crippen LogP contribution in [0.4, 0.5) is 4.39 Å². The van der Waals surface area contributed by atoms with Gasteiger partial charge in [-0.1, -0.05) is 6.92 Å². The van der Waals surface area contributed by atoms with Gasteiger partial charge in [0.25, 0.3) is 5.91 Å². The van der Waals surface area contributed by atoms with Gasteiger partial charge in [0.1, 0.15) is 23.9 Å². The van der Waals surface area contributed by atoms with E-state index in [-0.39, 0.29) is 24.4 Å². The molecule has 26 heavy (non-hydrogen) atoms. The Hall–Kier alpha value is -2.34. The van der Waals surface area contributed by atoms with Gasteiger partial charge in [-0.05, 0) is 68.8 Å². The molecule has 1 aromatic carbocycles. The number of nitrogens with zero attached hydrogens (tertiary/aromatic N) is 1. The van der Waals surface area contributed by atoms with Crippen LogP contribution in [0, 0.1) is 5.82 Å². The van der Waals surface area contributed by atoms with Crippen LogP contribution in [0.15, 0.2) is 40.8 Å². The van der Waals surface area contributed by atoms with E-state index < -0.39 is 0 Å². The van der Waals surface area contributed by atoms with E-state index >= 15 is 0 Å². The molecule has 0 aliphatic carbocycles. The standard InChI is InChI=1S/C20H25FN2O3/c1-2-13-23(16-9-11-22-12-10-16)20(24)19-8-7-18(26-19)14-25-17-5-3-15(21)4-6-17/h3-8,16,22H,2,9-14H2,1H3. The van der Waals surface area contributed by atoms with Crippen LogP contribution in [-0.4, -0.2) is 36.5 Å². The lowest BCUT2D eigenvalue weighted by Gasteiger charge is -2.34. The van der Waals surface area contributed by atoms with Gasteiger partial charge in [-0.15, -0.1) is 0 Å². The van der Waals surface area contributed by atoms with Gasteiger partial charge < -0.3 is 19.4 Å². The van der Waals surface area contributed by atoms with E-state index in [0.29, 0.717) is 17.3 Å². The summed E-state index contributed by atoms with van der Waals surface area (Å²) in [6.45, 7) is 4.87. The van der Waals surface area contributed by atoms with Crippen LogP contribution in [0.2, 0.25) is 0 Å². The molecule has 2 aromatic rings. The predicted octanol–water partition coefficient (Wildman–Crippen LogP) is 3.60. The predicted molar refractivity (Wildman–Crippen MR) is 96.7 cm³/mol. The lowest BCUT2D eigenvalue weighted by Crippen LogP contribution is -2.46. The maximum atomic E-state index is 12.9. The number of hydrogen-bond donors (Lipinski definition) is 1. The number of carbonyl (C=O) groups excluding carboxylic acids is 1. The van der Waals surface area contributed by atoms with Crippen LogP contribution in [0.25, 0.3) is 0 Å². The molecule has 1 N–H and O–H groups in total. The average molecular weight is 360 g/mol. The van der Waals surface area contributed by atoms with E-state index in [4.69, 9.17) is 9.15 Å². The zero-order valence-electron chi connectivity index (χ0n) is 15.0. The molecule has 0 spiro atoms. The molecule has 1 aromatic heterocycles. The van der Waals surface area contributed by atoms with E-state index in [9.17, 15) is 9.18 Å². The Labute approximate surface area is 153 Å². The molecule has 0 atom stereocenters. The quantitative estimate of drug-likeness (QED) is 0.820. The van der Waals surface area contributed by atoms with E-state index in [1.165, 1.54) is 12.1 Å². The number of nitrogens with one attached hydrogen (secondary N) is 1. The number of benzene rings is 1. The fraction of sp³-hybridized carbons (Fsp3) is 0.450. The molecule has 3 rings (SSSR count). The molecule has 1 saturated heterocycles. The second-order valence-electron chi connectivity index (χ2n) is 6.49. The summed E-state index contributed by atoms with van der Waals surface area (Å²) in [5.41, 5.74) is 0. The molecule has 140 valence electrons. The third-order valence-electron chi connectivity index (χ3n) is 4.54. The maximum absolute atomic E-state index is 12.9. The third-order valence-corrected chi connectivity index (χ3v) is 4.54. The highest BCUT2D eigenvalue weighted by molar-refractivity contribution is 5.91. The molecule has 6 heteroatoms. The minimum Gasteiger partial charge on any atom is -0.486 e. The van der Waals surface area contributed by atoms with Gasteiger partial charge in [0.05, 0.1) is 0 Å². The summed E-state index contributed by atoms with van der Waals surface area (Å²) < 4.78 is 24.2. The summed E-state index contributed by atoms with van der Waals surface area (Å²) >= 11 is 0. The highest BCUT2D eigenvalue weighted by Gasteiger charge is 2.27. The normalized spacial score (nSPS) is 15.0. The molecule has 0 unspecified atom stereocenters. The Kier molecular flexibility index (Phi) is 6.28. The van der Waals surface area contributed by atoms with Gasteiger partial charge in [0, 0.05) is 12.6 Å². The van der Waals surface area contributed by atoms with Crippen LogP contribution in [0.3, 0.4) is 0 Å². The monoisotopic (exact) mass is 360 g/mol. The van der Waals surface area contributed by atoms with Crippen molar-refractivity contribution in [3.05, 3.63) is 53.7 Å². The first-order valence-electron chi connectivity index (χ1n) is 9.16. The minimum atomic E-state index is -0.308. The zero-order valence-corrected chi connectivity index (χ0v) is 15.0. The molecule has 5 nitrogen and oxygen atoms in total. The fourth-order valence-corrected chi connectivity index (χ4v) is 3.21. The number of piperidine rings is 1. The summed E-state index contributed by atoms with van der Waals surface area (Å²) in [5.74, 6) is 1.09. The van der Waals surface area contributed by atoms with E-state index in [1.807, 2.05) is 4.90 Å². The number of carbonyl (C=O) groups is 1. The molecular formula is C20H25FN2O3. The lowest BCUT2D eigenvalue weighted by molar-refractivity contribution is 0.0606. The number of rotatable bonds is 7. The molecule has 1 fully saturated rings. The van der Waals surface area contributed by atoms with Crippen molar-refractivity contribution in [2.24, 2.45) is 0 Å². The van der Waals surface area contributed by atoms with Crippen LogP contribution in [0.5, 0.6) is 5.75 Å². The molecule has 2 heterocycles. The van der Waals surface area contributed by atoms with Crippen LogP contribution in [0.1, 0.15) is 42.5 Å².